The van der Waals surface area contributed by atoms with Gasteiger partial charge in [-0.2, -0.15) is 0 Å². The highest BCUT2D eigenvalue weighted by molar-refractivity contribution is 5.97. The highest BCUT2D eigenvalue weighted by Gasteiger charge is 2.34. The molecule has 9 nitrogen and oxygen atoms in total. The Bertz CT molecular complexity index is 961. The van der Waals surface area contributed by atoms with E-state index in [2.05, 4.69) is 10.6 Å². The summed E-state index contributed by atoms with van der Waals surface area (Å²) in [6.07, 6.45) is 0.827. The molecule has 1 atom stereocenters. The van der Waals surface area contributed by atoms with Crippen LogP contribution in [0.5, 0.6) is 11.5 Å². The third-order valence-corrected chi connectivity index (χ3v) is 5.12. The molecule has 2 aromatic rings. The Morgan fingerprint density at radius 3 is 2.29 bits per heavy atom. The van der Waals surface area contributed by atoms with E-state index in [1.165, 1.54) is 0 Å². The quantitative estimate of drug-likeness (QED) is 0.597. The first-order valence-electron chi connectivity index (χ1n) is 9.85. The summed E-state index contributed by atoms with van der Waals surface area (Å²) in [7, 11) is 3.16. The molecular formula is C22H26N4O5. The fourth-order valence-corrected chi connectivity index (χ4v) is 3.49. The highest BCUT2D eigenvalue weighted by Crippen LogP contribution is 2.28. The zero-order chi connectivity index (χ0) is 22.4. The van der Waals surface area contributed by atoms with Gasteiger partial charge in [-0.1, -0.05) is 6.07 Å². The summed E-state index contributed by atoms with van der Waals surface area (Å²) >= 11 is 0. The normalized spacial score (nSPS) is 15.5. The molecule has 0 saturated carbocycles. The number of ether oxygens (including phenoxy) is 2. The van der Waals surface area contributed by atoms with Gasteiger partial charge >= 0.3 is 6.03 Å². The van der Waals surface area contributed by atoms with Gasteiger partial charge in [0, 0.05) is 30.9 Å². The molecule has 2 aromatic carbocycles. The van der Waals surface area contributed by atoms with E-state index in [0.717, 1.165) is 5.56 Å². The lowest BCUT2D eigenvalue weighted by Gasteiger charge is -2.17. The first-order valence-corrected chi connectivity index (χ1v) is 9.85. The second-order valence-electron chi connectivity index (χ2n) is 7.24. The number of primary amides is 1. The summed E-state index contributed by atoms with van der Waals surface area (Å²) in [5, 5.41) is 5.27. The van der Waals surface area contributed by atoms with Gasteiger partial charge in [0.25, 0.3) is 0 Å². The van der Waals surface area contributed by atoms with Crippen LogP contribution in [0.4, 0.5) is 16.2 Å². The Hall–Kier alpha value is -3.75. The van der Waals surface area contributed by atoms with Gasteiger partial charge in [0.15, 0.2) is 11.5 Å². The smallest absolute Gasteiger partial charge is 0.316 e. The lowest BCUT2D eigenvalue weighted by atomic mass is 10.1. The van der Waals surface area contributed by atoms with Crippen molar-refractivity contribution < 1.29 is 23.9 Å². The van der Waals surface area contributed by atoms with Crippen molar-refractivity contribution in [1.29, 1.82) is 0 Å². The first-order chi connectivity index (χ1) is 14.9. The van der Waals surface area contributed by atoms with E-state index in [0.29, 0.717) is 42.4 Å². The van der Waals surface area contributed by atoms with Crippen LogP contribution >= 0.6 is 0 Å². The molecule has 4 N–H and O–H groups in total. The summed E-state index contributed by atoms with van der Waals surface area (Å²) in [5.74, 6) is 0.626. The zero-order valence-electron chi connectivity index (χ0n) is 17.5. The van der Waals surface area contributed by atoms with E-state index in [1.54, 1.807) is 43.4 Å². The van der Waals surface area contributed by atoms with Crippen LogP contribution < -0.4 is 25.8 Å². The Balaban J connectivity index is 1.53. The number of carbonyl (C=O) groups is 3. The van der Waals surface area contributed by atoms with Crippen LogP contribution in [0.25, 0.3) is 0 Å². The van der Waals surface area contributed by atoms with Crippen molar-refractivity contribution in [2.45, 2.75) is 12.8 Å². The van der Waals surface area contributed by atoms with E-state index >= 15 is 0 Å². The monoisotopic (exact) mass is 426 g/mol. The number of anilines is 2. The molecule has 0 aliphatic carbocycles. The number of likely N-dealkylation sites (tertiary alicyclic amines) is 1. The van der Waals surface area contributed by atoms with E-state index in [1.807, 2.05) is 18.2 Å². The molecule has 1 unspecified atom stereocenters. The molecule has 3 rings (SSSR count). The van der Waals surface area contributed by atoms with Crippen molar-refractivity contribution in [3.63, 3.8) is 0 Å². The molecule has 1 aliphatic heterocycles. The summed E-state index contributed by atoms with van der Waals surface area (Å²) in [6, 6.07) is 11.6. The van der Waals surface area contributed by atoms with Crippen LogP contribution in [0.2, 0.25) is 0 Å². The molecule has 0 spiro atoms. The SMILES string of the molecule is COc1ccc(CCN2CC(C(=O)Nc3ccc(NC(N)=O)cc3)CC2=O)cc1OC. The minimum atomic E-state index is -0.658. The molecule has 0 bridgehead atoms. The van der Waals surface area contributed by atoms with Crippen LogP contribution in [-0.2, 0) is 16.0 Å². The number of methoxy groups -OCH3 is 2. The van der Waals surface area contributed by atoms with Crippen LogP contribution in [0.15, 0.2) is 42.5 Å². The van der Waals surface area contributed by atoms with E-state index in [9.17, 15) is 14.4 Å². The maximum Gasteiger partial charge on any atom is 0.316 e. The molecule has 1 saturated heterocycles. The number of benzene rings is 2. The van der Waals surface area contributed by atoms with Crippen LogP contribution in [-0.4, -0.2) is 50.1 Å². The molecule has 0 radical (unpaired) electrons. The molecule has 1 heterocycles. The summed E-state index contributed by atoms with van der Waals surface area (Å²) in [4.78, 5) is 37.5. The highest BCUT2D eigenvalue weighted by atomic mass is 16.5. The number of nitrogens with two attached hydrogens (primary N) is 1. The Morgan fingerprint density at radius 2 is 1.68 bits per heavy atom. The van der Waals surface area contributed by atoms with Crippen LogP contribution in [0.1, 0.15) is 12.0 Å². The van der Waals surface area contributed by atoms with Crippen molar-refractivity contribution in [2.24, 2.45) is 11.7 Å². The second-order valence-corrected chi connectivity index (χ2v) is 7.24. The molecule has 164 valence electrons. The summed E-state index contributed by atoms with van der Waals surface area (Å²) in [5.41, 5.74) is 7.20. The largest absolute Gasteiger partial charge is 0.493 e. The zero-order valence-corrected chi connectivity index (χ0v) is 17.5. The fraction of sp³-hybridized carbons (Fsp3) is 0.318. The number of nitrogens with zero attached hydrogens (tertiary/aromatic N) is 1. The molecular weight excluding hydrogens is 400 g/mol. The summed E-state index contributed by atoms with van der Waals surface area (Å²) in [6.45, 7) is 0.894. The summed E-state index contributed by atoms with van der Waals surface area (Å²) < 4.78 is 10.6. The molecule has 1 fully saturated rings. The van der Waals surface area contributed by atoms with Gasteiger partial charge in [-0.3, -0.25) is 9.59 Å². The Labute approximate surface area is 180 Å². The topological polar surface area (TPSA) is 123 Å². The van der Waals surface area contributed by atoms with Gasteiger partial charge in [0.2, 0.25) is 11.8 Å². The third kappa shape index (κ3) is 5.65. The predicted octanol–water partition coefficient (Wildman–Crippen LogP) is 2.22. The Kier molecular flexibility index (Phi) is 6.96. The lowest BCUT2D eigenvalue weighted by molar-refractivity contribution is -0.128. The van der Waals surface area contributed by atoms with Crippen molar-refractivity contribution >= 4 is 29.2 Å². The van der Waals surface area contributed by atoms with Gasteiger partial charge < -0.3 is 30.7 Å². The molecule has 1 aliphatic rings. The van der Waals surface area contributed by atoms with E-state index in [-0.39, 0.29) is 18.2 Å². The number of hydrogen-bond acceptors (Lipinski definition) is 5. The molecule has 9 heteroatoms. The van der Waals surface area contributed by atoms with Crippen molar-refractivity contribution in [2.75, 3.05) is 37.9 Å². The number of amides is 4. The van der Waals surface area contributed by atoms with Gasteiger partial charge in [-0.05, 0) is 48.4 Å². The maximum atomic E-state index is 12.6. The fourth-order valence-electron chi connectivity index (χ4n) is 3.49. The first kappa shape index (κ1) is 21.9. The van der Waals surface area contributed by atoms with E-state index in [4.69, 9.17) is 15.2 Å². The Morgan fingerprint density at radius 1 is 1.03 bits per heavy atom. The maximum absolute atomic E-state index is 12.6. The molecule has 0 aromatic heterocycles. The van der Waals surface area contributed by atoms with Crippen molar-refractivity contribution in [3.8, 4) is 11.5 Å². The number of nitrogens with one attached hydrogen (secondary N) is 2. The lowest BCUT2D eigenvalue weighted by Crippen LogP contribution is -2.30. The van der Waals surface area contributed by atoms with E-state index < -0.39 is 11.9 Å². The van der Waals surface area contributed by atoms with Crippen molar-refractivity contribution in [1.82, 2.24) is 4.90 Å². The molecule has 31 heavy (non-hydrogen) atoms. The van der Waals surface area contributed by atoms with Gasteiger partial charge in [0.05, 0.1) is 20.1 Å². The standard InChI is InChI=1S/C22H26N4O5/c1-30-18-8-3-14(11-19(18)31-2)9-10-26-13-15(12-20(26)27)21(28)24-16-4-6-17(7-5-16)25-22(23)29/h3-8,11,15H,9-10,12-13H2,1-2H3,(H,24,28)(H3,23,25,29). The third-order valence-electron chi connectivity index (χ3n) is 5.12. The number of carbonyl (C=O) groups excluding carboxylic acids is 3. The molecule has 4 amide bonds. The van der Waals surface area contributed by atoms with Crippen LogP contribution in [0, 0.1) is 5.92 Å². The van der Waals surface area contributed by atoms with Crippen molar-refractivity contribution in [3.05, 3.63) is 48.0 Å². The minimum absolute atomic E-state index is 0.0402. The number of urea groups is 1. The number of rotatable bonds is 8. The number of hydrogen-bond donors (Lipinski definition) is 3. The average molecular weight is 426 g/mol. The van der Waals surface area contributed by atoms with Gasteiger partial charge in [-0.25, -0.2) is 4.79 Å². The minimum Gasteiger partial charge on any atom is -0.493 e. The second kappa shape index (κ2) is 9.84. The van der Waals surface area contributed by atoms with Crippen LogP contribution in [0.3, 0.4) is 0 Å². The van der Waals surface area contributed by atoms with Gasteiger partial charge in [-0.15, -0.1) is 0 Å². The average Bonchev–Trinajstić information content (AvgIpc) is 3.13. The predicted molar refractivity (Wildman–Crippen MR) is 116 cm³/mol. The van der Waals surface area contributed by atoms with Gasteiger partial charge in [0.1, 0.15) is 0 Å².